The van der Waals surface area contributed by atoms with Gasteiger partial charge in [-0.2, -0.15) is 0 Å². The highest BCUT2D eigenvalue weighted by molar-refractivity contribution is 6.41. The molecule has 4 nitrogen and oxygen atoms in total. The lowest BCUT2D eigenvalue weighted by Gasteiger charge is -2.30. The predicted octanol–water partition coefficient (Wildman–Crippen LogP) is 1.26. The van der Waals surface area contributed by atoms with Gasteiger partial charge in [0, 0.05) is 18.0 Å². The Bertz CT molecular complexity index is 382. The molecule has 0 radical (unpaired) electrons. The Morgan fingerprint density at radius 3 is 2.32 bits per heavy atom. The summed E-state index contributed by atoms with van der Waals surface area (Å²) in [6.45, 7) is 8.88. The molecule has 0 aliphatic rings. The van der Waals surface area contributed by atoms with E-state index in [4.69, 9.17) is 20.9 Å². The van der Waals surface area contributed by atoms with E-state index in [1.54, 1.807) is 0 Å². The zero-order chi connectivity index (χ0) is 14.5. The zero-order valence-corrected chi connectivity index (χ0v) is 13.8. The summed E-state index contributed by atoms with van der Waals surface area (Å²) >= 11 is 0. The van der Waals surface area contributed by atoms with Crippen molar-refractivity contribution in [3.8, 4) is 5.75 Å². The number of rotatable bonds is 7. The van der Waals surface area contributed by atoms with E-state index in [2.05, 4.69) is 20.8 Å². The van der Waals surface area contributed by atoms with Gasteiger partial charge in [-0.25, -0.2) is 0 Å². The number of ether oxygens (including phenoxy) is 2. The molecule has 4 N–H and O–H groups in total. The first-order valence-corrected chi connectivity index (χ1v) is 8.25. The minimum absolute atomic E-state index is 0.106. The van der Waals surface area contributed by atoms with E-state index < -0.39 is 9.52 Å². The molecule has 0 aliphatic carbocycles. The minimum Gasteiger partial charge on any atom is -0.492 e. The summed E-state index contributed by atoms with van der Waals surface area (Å²) < 4.78 is 11.9. The summed E-state index contributed by atoms with van der Waals surface area (Å²) in [6.07, 6.45) is 0.106. The first-order chi connectivity index (χ1) is 8.82. The van der Waals surface area contributed by atoms with Crippen molar-refractivity contribution in [1.29, 1.82) is 0 Å². The lowest BCUT2D eigenvalue weighted by molar-refractivity contribution is 0.0494. The molecule has 1 aromatic carbocycles. The summed E-state index contributed by atoms with van der Waals surface area (Å²) in [5.41, 5.74) is 12.2. The second-order valence-electron chi connectivity index (χ2n) is 5.63. The Hall–Kier alpha value is -1.04. The fraction of sp³-hybridized carbons (Fsp3) is 0.571. The van der Waals surface area contributed by atoms with Gasteiger partial charge >= 0.3 is 0 Å². The predicted molar refractivity (Wildman–Crippen MR) is 83.2 cm³/mol. The Balaban J connectivity index is 2.53. The molecule has 0 saturated heterocycles. The van der Waals surface area contributed by atoms with Crippen LogP contribution >= 0.6 is 0 Å². The third kappa shape index (κ3) is 6.09. The molecule has 108 valence electrons. The van der Waals surface area contributed by atoms with Crippen molar-refractivity contribution in [2.75, 3.05) is 12.3 Å². The molecule has 0 amide bonds. The second-order valence-corrected chi connectivity index (χ2v) is 8.89. The van der Waals surface area contributed by atoms with Crippen LogP contribution in [0, 0.1) is 0 Å². The highest BCUT2D eigenvalue weighted by Crippen LogP contribution is 2.20. The van der Waals surface area contributed by atoms with Crippen molar-refractivity contribution < 1.29 is 9.47 Å². The maximum atomic E-state index is 6.04. The normalized spacial score (nSPS) is 15.6. The first kappa shape index (κ1) is 16.0. The van der Waals surface area contributed by atoms with Crippen LogP contribution in [0.1, 0.15) is 27.7 Å². The molecular formula is C14H26N2O2Si. The van der Waals surface area contributed by atoms with E-state index in [-0.39, 0.29) is 17.1 Å². The van der Waals surface area contributed by atoms with Crippen molar-refractivity contribution >= 4 is 15.2 Å². The van der Waals surface area contributed by atoms with Gasteiger partial charge in [0.25, 0.3) is 0 Å². The van der Waals surface area contributed by atoms with Crippen molar-refractivity contribution in [2.24, 2.45) is 5.73 Å². The van der Waals surface area contributed by atoms with Crippen LogP contribution < -0.4 is 16.2 Å². The molecule has 0 aliphatic heterocycles. The molecule has 1 aromatic rings. The molecule has 0 aromatic heterocycles. The molecule has 0 fully saturated rings. The fourth-order valence-corrected chi connectivity index (χ4v) is 4.15. The number of hydrogen-bond acceptors (Lipinski definition) is 4. The van der Waals surface area contributed by atoms with Crippen LogP contribution in [0.5, 0.6) is 5.75 Å². The summed E-state index contributed by atoms with van der Waals surface area (Å²) in [4.78, 5) is 0. The molecule has 0 bridgehead atoms. The molecule has 2 unspecified atom stereocenters. The monoisotopic (exact) mass is 282 g/mol. The molecule has 1 rings (SSSR count). The molecular weight excluding hydrogens is 256 g/mol. The van der Waals surface area contributed by atoms with Crippen LogP contribution in [0.25, 0.3) is 0 Å². The largest absolute Gasteiger partial charge is 0.492 e. The highest BCUT2D eigenvalue weighted by Gasteiger charge is 2.25. The van der Waals surface area contributed by atoms with Gasteiger partial charge in [0.15, 0.2) is 0 Å². The van der Waals surface area contributed by atoms with Gasteiger partial charge in [-0.1, -0.05) is 0 Å². The van der Waals surface area contributed by atoms with Gasteiger partial charge in [-0.3, -0.25) is 0 Å². The zero-order valence-electron chi connectivity index (χ0n) is 12.3. The van der Waals surface area contributed by atoms with Gasteiger partial charge in [0.1, 0.15) is 15.3 Å². The van der Waals surface area contributed by atoms with Crippen LogP contribution in [0.4, 0.5) is 5.69 Å². The van der Waals surface area contributed by atoms with Crippen molar-refractivity contribution in [2.45, 2.75) is 44.8 Å². The maximum absolute atomic E-state index is 6.04. The number of hydrogen-bond donors (Lipinski definition) is 2. The molecule has 0 saturated carbocycles. The van der Waals surface area contributed by atoms with Gasteiger partial charge in [-0.05, 0) is 52.0 Å². The molecule has 19 heavy (non-hydrogen) atoms. The lowest BCUT2D eigenvalue weighted by Crippen LogP contribution is -2.43. The van der Waals surface area contributed by atoms with Crippen LogP contribution in [-0.4, -0.2) is 33.1 Å². The van der Waals surface area contributed by atoms with E-state index in [0.29, 0.717) is 6.54 Å². The Kier molecular flexibility index (Phi) is 5.84. The number of anilines is 1. The highest BCUT2D eigenvalue weighted by atomic mass is 28.2. The van der Waals surface area contributed by atoms with Crippen LogP contribution in [0.15, 0.2) is 24.3 Å². The first-order valence-electron chi connectivity index (χ1n) is 6.72. The summed E-state index contributed by atoms with van der Waals surface area (Å²) in [6, 6.07) is 7.51. The third-order valence-corrected chi connectivity index (χ3v) is 4.74. The average Bonchev–Trinajstić information content (AvgIpc) is 2.30. The van der Waals surface area contributed by atoms with E-state index in [1.165, 1.54) is 0 Å². The Labute approximate surface area is 118 Å². The van der Waals surface area contributed by atoms with Gasteiger partial charge in [0.2, 0.25) is 0 Å². The van der Waals surface area contributed by atoms with Gasteiger partial charge < -0.3 is 20.9 Å². The fourth-order valence-electron chi connectivity index (χ4n) is 2.09. The Morgan fingerprint density at radius 2 is 1.79 bits per heavy atom. The van der Waals surface area contributed by atoms with Crippen LogP contribution in [0.2, 0.25) is 0 Å². The smallest absolute Gasteiger partial charge is 0.119 e. The standard InChI is InChI=1S/C14H26N2O2Si/c1-10(9-15)17-11(2)19-14(3,4)18-13-7-5-12(16)6-8-13/h5-8,10-11H,9,15-16,19H2,1-4H3. The lowest BCUT2D eigenvalue weighted by atomic mass is 10.3. The quantitative estimate of drug-likeness (QED) is 0.583. The maximum Gasteiger partial charge on any atom is 0.119 e. The molecule has 0 spiro atoms. The average molecular weight is 282 g/mol. The summed E-state index contributed by atoms with van der Waals surface area (Å²) in [5, 5.41) is -0.163. The van der Waals surface area contributed by atoms with Crippen molar-refractivity contribution in [3.63, 3.8) is 0 Å². The van der Waals surface area contributed by atoms with Crippen LogP contribution in [-0.2, 0) is 4.74 Å². The van der Waals surface area contributed by atoms with Gasteiger partial charge in [-0.15, -0.1) is 0 Å². The van der Waals surface area contributed by atoms with Gasteiger partial charge in [0.05, 0.1) is 11.3 Å². The summed E-state index contributed by atoms with van der Waals surface area (Å²) in [7, 11) is -0.573. The van der Waals surface area contributed by atoms with E-state index >= 15 is 0 Å². The van der Waals surface area contributed by atoms with Crippen molar-refractivity contribution in [3.05, 3.63) is 24.3 Å². The van der Waals surface area contributed by atoms with E-state index in [1.807, 2.05) is 31.2 Å². The molecule has 0 heterocycles. The second kappa shape index (κ2) is 6.93. The third-order valence-electron chi connectivity index (χ3n) is 2.85. The number of nitrogens with two attached hydrogens (primary N) is 2. The van der Waals surface area contributed by atoms with E-state index in [0.717, 1.165) is 11.4 Å². The molecule has 2 atom stereocenters. The summed E-state index contributed by atoms with van der Waals surface area (Å²) in [5.74, 6) is 0.853. The van der Waals surface area contributed by atoms with Crippen molar-refractivity contribution in [1.82, 2.24) is 0 Å². The van der Waals surface area contributed by atoms with Crippen LogP contribution in [0.3, 0.4) is 0 Å². The number of benzene rings is 1. The Morgan fingerprint density at radius 1 is 1.21 bits per heavy atom. The SMILES string of the molecule is CC(CN)OC(C)[SiH2]C(C)(C)Oc1ccc(N)cc1. The topological polar surface area (TPSA) is 70.5 Å². The molecule has 5 heteroatoms. The van der Waals surface area contributed by atoms with E-state index in [9.17, 15) is 0 Å². The minimum atomic E-state index is -0.573. The number of nitrogen functional groups attached to an aromatic ring is 1.